The highest BCUT2D eigenvalue weighted by Gasteiger charge is 2.31. The Morgan fingerprint density at radius 3 is 2.52 bits per heavy atom. The van der Waals surface area contributed by atoms with Gasteiger partial charge in [0.1, 0.15) is 0 Å². The maximum Gasteiger partial charge on any atom is 0.416 e. The van der Waals surface area contributed by atoms with Crippen LogP contribution >= 0.6 is 11.6 Å². The summed E-state index contributed by atoms with van der Waals surface area (Å²) in [5.74, 6) is -1.50. The molecule has 1 atom stereocenters. The Balaban J connectivity index is 2.18. The first kappa shape index (κ1) is 19.1. The van der Waals surface area contributed by atoms with Crippen LogP contribution in [-0.4, -0.2) is 12.0 Å². The first-order chi connectivity index (χ1) is 11.7. The zero-order valence-corrected chi connectivity index (χ0v) is 13.8. The number of carbonyl (C=O) groups is 1. The molecule has 0 saturated carbocycles. The summed E-state index contributed by atoms with van der Waals surface area (Å²) in [6.07, 6.45) is -5.49. The molecule has 0 radical (unpaired) electrons. The Labute approximate surface area is 146 Å². The molecule has 1 N–H and O–H groups in total. The van der Waals surface area contributed by atoms with Crippen LogP contribution in [0.4, 0.5) is 23.2 Å². The van der Waals surface area contributed by atoms with Gasteiger partial charge < -0.3 is 10.1 Å². The number of alkyl halides is 3. The van der Waals surface area contributed by atoms with Crippen molar-refractivity contribution in [2.24, 2.45) is 0 Å². The summed E-state index contributed by atoms with van der Waals surface area (Å²) in [6, 6.07) is 8.10. The van der Waals surface area contributed by atoms with Crippen molar-refractivity contribution in [3.05, 3.63) is 58.9 Å². The molecule has 0 unspecified atom stereocenters. The SMILES string of the molecule is CC[C@@H](Oc1ccccc1F)C(=O)Nc1cc(C(F)(F)F)ccc1Cl. The van der Waals surface area contributed by atoms with Crippen LogP contribution in [-0.2, 0) is 11.0 Å². The number of rotatable bonds is 5. The van der Waals surface area contributed by atoms with Crippen molar-refractivity contribution in [1.29, 1.82) is 0 Å². The number of carbonyl (C=O) groups excluding carboxylic acids is 1. The van der Waals surface area contributed by atoms with Gasteiger partial charge in [-0.05, 0) is 36.8 Å². The minimum absolute atomic E-state index is 0.0536. The van der Waals surface area contributed by atoms with Gasteiger partial charge in [-0.3, -0.25) is 4.79 Å². The summed E-state index contributed by atoms with van der Waals surface area (Å²) in [7, 11) is 0. The van der Waals surface area contributed by atoms with E-state index in [1.54, 1.807) is 6.92 Å². The fourth-order valence-electron chi connectivity index (χ4n) is 2.03. The number of halogens is 5. The number of amides is 1. The summed E-state index contributed by atoms with van der Waals surface area (Å²) >= 11 is 5.84. The van der Waals surface area contributed by atoms with Crippen LogP contribution < -0.4 is 10.1 Å². The summed E-state index contributed by atoms with van der Waals surface area (Å²) in [5.41, 5.74) is -1.15. The molecule has 0 aromatic heterocycles. The van der Waals surface area contributed by atoms with Gasteiger partial charge in [0.15, 0.2) is 17.7 Å². The topological polar surface area (TPSA) is 38.3 Å². The lowest BCUT2D eigenvalue weighted by Crippen LogP contribution is -2.32. The second-order valence-corrected chi connectivity index (χ2v) is 5.53. The average Bonchev–Trinajstić information content (AvgIpc) is 2.55. The number of para-hydroxylation sites is 1. The number of ether oxygens (including phenoxy) is 1. The highest BCUT2D eigenvalue weighted by atomic mass is 35.5. The molecular formula is C17H14ClF4NO2. The van der Waals surface area contributed by atoms with Crippen LogP contribution in [0.2, 0.25) is 5.02 Å². The zero-order chi connectivity index (χ0) is 18.6. The van der Waals surface area contributed by atoms with Crippen LogP contribution in [0, 0.1) is 5.82 Å². The average molecular weight is 376 g/mol. The number of benzene rings is 2. The van der Waals surface area contributed by atoms with Gasteiger partial charge in [-0.25, -0.2) is 4.39 Å². The van der Waals surface area contributed by atoms with Crippen molar-refractivity contribution < 1.29 is 27.1 Å². The van der Waals surface area contributed by atoms with E-state index in [0.717, 1.165) is 18.2 Å². The second kappa shape index (κ2) is 7.74. The largest absolute Gasteiger partial charge is 0.478 e. The normalized spacial score (nSPS) is 12.6. The van der Waals surface area contributed by atoms with E-state index in [2.05, 4.69) is 5.32 Å². The van der Waals surface area contributed by atoms with Crippen molar-refractivity contribution in [2.45, 2.75) is 25.6 Å². The Morgan fingerprint density at radius 1 is 1.24 bits per heavy atom. The number of hydrogen-bond acceptors (Lipinski definition) is 2. The third-order valence-corrected chi connectivity index (χ3v) is 3.65. The molecule has 1 amide bonds. The van der Waals surface area contributed by atoms with Crippen molar-refractivity contribution in [1.82, 2.24) is 0 Å². The smallest absolute Gasteiger partial charge is 0.416 e. The maximum absolute atomic E-state index is 13.6. The molecule has 0 saturated heterocycles. The van der Waals surface area contributed by atoms with Gasteiger partial charge in [-0.2, -0.15) is 13.2 Å². The van der Waals surface area contributed by atoms with Crippen LogP contribution in [0.15, 0.2) is 42.5 Å². The van der Waals surface area contributed by atoms with Crippen LogP contribution in [0.5, 0.6) is 5.75 Å². The monoisotopic (exact) mass is 375 g/mol. The minimum Gasteiger partial charge on any atom is -0.478 e. The Bertz CT molecular complexity index is 765. The molecule has 0 aliphatic carbocycles. The summed E-state index contributed by atoms with van der Waals surface area (Å²) in [5, 5.41) is 2.24. The van der Waals surface area contributed by atoms with Crippen molar-refractivity contribution in [2.75, 3.05) is 5.32 Å². The minimum atomic E-state index is -4.57. The van der Waals surface area contributed by atoms with Crippen molar-refractivity contribution >= 4 is 23.2 Å². The number of nitrogens with one attached hydrogen (secondary N) is 1. The van der Waals surface area contributed by atoms with E-state index < -0.39 is 29.6 Å². The lowest BCUT2D eigenvalue weighted by molar-refractivity contribution is -0.137. The predicted octanol–water partition coefficient (Wildman–Crippen LogP) is 5.29. The van der Waals surface area contributed by atoms with Crippen molar-refractivity contribution in [3.63, 3.8) is 0 Å². The first-order valence-electron chi connectivity index (χ1n) is 7.31. The standard InChI is InChI=1S/C17H14ClF4NO2/c1-2-14(25-15-6-4-3-5-12(15)19)16(24)23-13-9-10(17(20,21)22)7-8-11(13)18/h3-9,14H,2H2,1H3,(H,23,24)/t14-/m1/s1. The van der Waals surface area contributed by atoms with E-state index in [1.807, 2.05) is 0 Å². The Kier molecular flexibility index (Phi) is 5.89. The highest BCUT2D eigenvalue weighted by molar-refractivity contribution is 6.33. The van der Waals surface area contributed by atoms with E-state index in [1.165, 1.54) is 24.3 Å². The molecule has 2 rings (SSSR count). The molecule has 0 spiro atoms. The van der Waals surface area contributed by atoms with Gasteiger partial charge in [0.2, 0.25) is 0 Å². The van der Waals surface area contributed by atoms with Crippen molar-refractivity contribution in [3.8, 4) is 5.75 Å². The van der Waals surface area contributed by atoms with E-state index in [-0.39, 0.29) is 22.9 Å². The maximum atomic E-state index is 13.6. The van der Waals surface area contributed by atoms with Crippen LogP contribution in [0.3, 0.4) is 0 Å². The summed E-state index contributed by atoms with van der Waals surface area (Å²) in [6.45, 7) is 1.62. The second-order valence-electron chi connectivity index (χ2n) is 5.13. The highest BCUT2D eigenvalue weighted by Crippen LogP contribution is 2.34. The molecule has 0 fully saturated rings. The van der Waals surface area contributed by atoms with Gasteiger partial charge in [0.05, 0.1) is 16.3 Å². The molecule has 0 bridgehead atoms. The molecule has 0 aliphatic rings. The number of anilines is 1. The van der Waals surface area contributed by atoms with Gasteiger partial charge in [-0.1, -0.05) is 30.7 Å². The van der Waals surface area contributed by atoms with Gasteiger partial charge in [0, 0.05) is 0 Å². The molecule has 0 aliphatic heterocycles. The van der Waals surface area contributed by atoms with E-state index in [0.29, 0.717) is 0 Å². The molecule has 2 aromatic rings. The van der Waals surface area contributed by atoms with Gasteiger partial charge in [-0.15, -0.1) is 0 Å². The molecule has 8 heteroatoms. The predicted molar refractivity (Wildman–Crippen MR) is 86.2 cm³/mol. The number of hydrogen-bond donors (Lipinski definition) is 1. The third kappa shape index (κ3) is 4.85. The zero-order valence-electron chi connectivity index (χ0n) is 13.0. The summed E-state index contributed by atoms with van der Waals surface area (Å²) < 4.78 is 57.3. The first-order valence-corrected chi connectivity index (χ1v) is 7.69. The molecule has 0 heterocycles. The van der Waals surface area contributed by atoms with E-state index in [4.69, 9.17) is 16.3 Å². The molecule has 25 heavy (non-hydrogen) atoms. The Morgan fingerprint density at radius 2 is 1.92 bits per heavy atom. The molecule has 3 nitrogen and oxygen atoms in total. The molecule has 134 valence electrons. The third-order valence-electron chi connectivity index (χ3n) is 3.32. The molecule has 2 aromatic carbocycles. The lowest BCUT2D eigenvalue weighted by Gasteiger charge is -2.18. The summed E-state index contributed by atoms with van der Waals surface area (Å²) in [4.78, 5) is 12.3. The van der Waals surface area contributed by atoms with Gasteiger partial charge >= 0.3 is 6.18 Å². The lowest BCUT2D eigenvalue weighted by atomic mass is 10.1. The van der Waals surface area contributed by atoms with Crippen LogP contribution in [0.1, 0.15) is 18.9 Å². The quantitative estimate of drug-likeness (QED) is 0.721. The van der Waals surface area contributed by atoms with E-state index in [9.17, 15) is 22.4 Å². The Hall–Kier alpha value is -2.28. The fourth-order valence-corrected chi connectivity index (χ4v) is 2.19. The van der Waals surface area contributed by atoms with Crippen LogP contribution in [0.25, 0.3) is 0 Å². The van der Waals surface area contributed by atoms with Gasteiger partial charge in [0.25, 0.3) is 5.91 Å². The van der Waals surface area contributed by atoms with E-state index >= 15 is 0 Å². The molecular weight excluding hydrogens is 362 g/mol. The fraction of sp³-hybridized carbons (Fsp3) is 0.235.